The minimum absolute atomic E-state index is 0.0730. The first-order chi connectivity index (χ1) is 8.66. The smallest absolute Gasteiger partial charge is 0.335 e. The Hall–Kier alpha value is -1.18. The highest BCUT2D eigenvalue weighted by molar-refractivity contribution is 9.10. The van der Waals surface area contributed by atoms with Gasteiger partial charge >= 0.3 is 5.97 Å². The highest BCUT2D eigenvalue weighted by atomic mass is 79.9. The first-order valence-electron chi connectivity index (χ1n) is 5.30. The average Bonchev–Trinajstić information content (AvgIpc) is 2.27. The van der Waals surface area contributed by atoms with E-state index in [4.69, 9.17) is 5.11 Å². The lowest BCUT2D eigenvalue weighted by Crippen LogP contribution is -2.28. The highest BCUT2D eigenvalue weighted by Gasteiger charge is 2.24. The van der Waals surface area contributed by atoms with E-state index in [0.717, 1.165) is 10.4 Å². The maximum Gasteiger partial charge on any atom is 0.335 e. The number of benzene rings is 1. The minimum Gasteiger partial charge on any atom is -0.478 e. The zero-order valence-corrected chi connectivity index (χ0v) is 13.0. The summed E-state index contributed by atoms with van der Waals surface area (Å²) in [5, 5.41) is 8.91. The van der Waals surface area contributed by atoms with Crippen molar-refractivity contribution in [3.8, 4) is 0 Å². The molecule has 0 aliphatic carbocycles. The summed E-state index contributed by atoms with van der Waals surface area (Å²) in [4.78, 5) is 10.8. The van der Waals surface area contributed by atoms with Crippen molar-refractivity contribution in [2.75, 3.05) is 13.6 Å². The molecule has 0 bridgehead atoms. The molecule has 0 aromatic heterocycles. The molecule has 0 spiro atoms. The zero-order chi connectivity index (χ0) is 14.8. The van der Waals surface area contributed by atoms with Gasteiger partial charge in [-0.2, -0.15) is 4.31 Å². The quantitative estimate of drug-likeness (QED) is 0.829. The molecule has 1 aromatic rings. The molecule has 5 nitrogen and oxygen atoms in total. The van der Waals surface area contributed by atoms with Gasteiger partial charge in [-0.3, -0.25) is 0 Å². The summed E-state index contributed by atoms with van der Waals surface area (Å²) in [7, 11) is -2.34. The van der Waals surface area contributed by atoms with Crippen molar-refractivity contribution in [2.24, 2.45) is 0 Å². The van der Waals surface area contributed by atoms with Crippen molar-refractivity contribution >= 4 is 31.9 Å². The molecule has 0 saturated carbocycles. The molecule has 0 unspecified atom stereocenters. The van der Waals surface area contributed by atoms with E-state index in [9.17, 15) is 13.2 Å². The third kappa shape index (κ3) is 3.65. The number of carbonyl (C=O) groups is 1. The molecule has 1 N–H and O–H groups in total. The number of aromatic carboxylic acids is 1. The van der Waals surface area contributed by atoms with Gasteiger partial charge in [-0.1, -0.05) is 12.2 Å². The van der Waals surface area contributed by atoms with E-state index < -0.39 is 16.0 Å². The lowest BCUT2D eigenvalue weighted by molar-refractivity contribution is 0.0696. The largest absolute Gasteiger partial charge is 0.478 e. The topological polar surface area (TPSA) is 74.7 Å². The van der Waals surface area contributed by atoms with Crippen LogP contribution in [0.3, 0.4) is 0 Å². The molecular weight excluding hydrogens is 334 g/mol. The van der Waals surface area contributed by atoms with Crippen molar-refractivity contribution in [1.29, 1.82) is 0 Å². The van der Waals surface area contributed by atoms with Gasteiger partial charge in [0.1, 0.15) is 0 Å². The fraction of sp³-hybridized carbons (Fsp3) is 0.250. The van der Waals surface area contributed by atoms with Crippen LogP contribution in [0.4, 0.5) is 0 Å². The molecule has 1 aromatic carbocycles. The maximum atomic E-state index is 12.3. The average molecular weight is 348 g/mol. The standard InChI is InChI=1S/C12H14BrNO4S/c1-8(2)7-14(3)19(17,18)11-6-9(12(15)16)4-5-10(11)13/h4-6H,1,7H2,2-3H3,(H,15,16). The second kappa shape index (κ2) is 5.85. The lowest BCUT2D eigenvalue weighted by atomic mass is 10.2. The number of carboxylic acids is 1. The number of hydrogen-bond donors (Lipinski definition) is 1. The van der Waals surface area contributed by atoms with Gasteiger partial charge in [-0.15, -0.1) is 0 Å². The van der Waals surface area contributed by atoms with E-state index in [1.807, 2.05) is 0 Å². The van der Waals surface area contributed by atoms with Gasteiger partial charge < -0.3 is 5.11 Å². The number of nitrogens with zero attached hydrogens (tertiary/aromatic N) is 1. The summed E-state index contributed by atoms with van der Waals surface area (Å²) < 4.78 is 26.1. The van der Waals surface area contributed by atoms with Crippen molar-refractivity contribution < 1.29 is 18.3 Å². The fourth-order valence-corrected chi connectivity index (χ4v) is 3.64. The molecule has 1 rings (SSSR count). The van der Waals surface area contributed by atoms with Crippen LogP contribution in [-0.2, 0) is 10.0 Å². The first-order valence-corrected chi connectivity index (χ1v) is 7.53. The number of hydrogen-bond acceptors (Lipinski definition) is 3. The number of halogens is 1. The molecule has 0 saturated heterocycles. The Morgan fingerprint density at radius 3 is 2.53 bits per heavy atom. The van der Waals surface area contributed by atoms with E-state index in [1.165, 1.54) is 19.2 Å². The van der Waals surface area contributed by atoms with Crippen LogP contribution in [0.1, 0.15) is 17.3 Å². The fourth-order valence-electron chi connectivity index (χ4n) is 1.47. The van der Waals surface area contributed by atoms with Crippen LogP contribution in [0.15, 0.2) is 39.7 Å². The van der Waals surface area contributed by atoms with Crippen LogP contribution in [0.25, 0.3) is 0 Å². The highest BCUT2D eigenvalue weighted by Crippen LogP contribution is 2.26. The number of carboxylic acid groups (broad SMARTS) is 1. The van der Waals surface area contributed by atoms with Gasteiger partial charge in [-0.25, -0.2) is 13.2 Å². The van der Waals surface area contributed by atoms with Crippen molar-refractivity contribution in [3.05, 3.63) is 40.4 Å². The Balaban J connectivity index is 3.31. The molecular formula is C12H14BrNO4S. The van der Waals surface area contributed by atoms with Crippen molar-refractivity contribution in [1.82, 2.24) is 4.31 Å². The summed E-state index contributed by atoms with van der Waals surface area (Å²) in [5.41, 5.74) is 0.613. The summed E-state index contributed by atoms with van der Waals surface area (Å²) in [6.45, 7) is 5.55. The molecule has 0 atom stereocenters. The van der Waals surface area contributed by atoms with Crippen LogP contribution >= 0.6 is 15.9 Å². The molecule has 0 heterocycles. The Kier molecular flexibility index (Phi) is 4.89. The second-order valence-corrected chi connectivity index (χ2v) is 7.04. The van der Waals surface area contributed by atoms with Gasteiger partial charge in [0.2, 0.25) is 10.0 Å². The predicted octanol–water partition coefficient (Wildman–Crippen LogP) is 2.34. The molecule has 0 aliphatic rings. The summed E-state index contributed by atoms with van der Waals surface area (Å²) in [5.74, 6) is -1.17. The molecule has 0 amide bonds. The number of rotatable bonds is 5. The van der Waals surface area contributed by atoms with Crippen LogP contribution in [-0.4, -0.2) is 37.4 Å². The molecule has 7 heteroatoms. The van der Waals surface area contributed by atoms with Gasteiger partial charge in [0, 0.05) is 18.1 Å². The zero-order valence-electron chi connectivity index (χ0n) is 10.6. The van der Waals surface area contributed by atoms with Crippen molar-refractivity contribution in [3.63, 3.8) is 0 Å². The van der Waals surface area contributed by atoms with E-state index in [2.05, 4.69) is 22.5 Å². The molecule has 0 aliphatic heterocycles. The Labute approximate surface area is 120 Å². The Morgan fingerprint density at radius 1 is 1.47 bits per heavy atom. The Morgan fingerprint density at radius 2 is 2.05 bits per heavy atom. The van der Waals surface area contributed by atoms with E-state index in [0.29, 0.717) is 10.0 Å². The number of sulfonamides is 1. The van der Waals surface area contributed by atoms with Crippen molar-refractivity contribution in [2.45, 2.75) is 11.8 Å². The summed E-state index contributed by atoms with van der Waals surface area (Å²) >= 11 is 3.13. The molecule has 19 heavy (non-hydrogen) atoms. The lowest BCUT2D eigenvalue weighted by Gasteiger charge is -2.18. The molecule has 0 radical (unpaired) electrons. The van der Waals surface area contributed by atoms with Crippen LogP contribution < -0.4 is 0 Å². The van der Waals surface area contributed by atoms with Crippen LogP contribution in [0, 0.1) is 0 Å². The van der Waals surface area contributed by atoms with Gasteiger partial charge in [0.05, 0.1) is 10.5 Å². The molecule has 0 fully saturated rings. The van der Waals surface area contributed by atoms with Gasteiger partial charge in [0.15, 0.2) is 0 Å². The van der Waals surface area contributed by atoms with E-state index in [-0.39, 0.29) is 17.0 Å². The minimum atomic E-state index is -3.76. The third-order valence-electron chi connectivity index (χ3n) is 2.36. The van der Waals surface area contributed by atoms with Gasteiger partial charge in [-0.05, 0) is 41.1 Å². The molecule has 104 valence electrons. The Bertz CT molecular complexity index is 625. The van der Waals surface area contributed by atoms with E-state index in [1.54, 1.807) is 6.92 Å². The predicted molar refractivity (Wildman–Crippen MR) is 75.7 cm³/mol. The van der Waals surface area contributed by atoms with Gasteiger partial charge in [0.25, 0.3) is 0 Å². The SMILES string of the molecule is C=C(C)CN(C)S(=O)(=O)c1cc(C(=O)O)ccc1Br. The summed E-state index contributed by atoms with van der Waals surface area (Å²) in [6.07, 6.45) is 0. The maximum absolute atomic E-state index is 12.3. The normalized spacial score (nSPS) is 11.6. The summed E-state index contributed by atoms with van der Waals surface area (Å²) in [6, 6.07) is 3.88. The van der Waals surface area contributed by atoms with Crippen LogP contribution in [0.2, 0.25) is 0 Å². The number of likely N-dealkylation sites (N-methyl/N-ethyl adjacent to an activating group) is 1. The first kappa shape index (κ1) is 15.9. The second-order valence-electron chi connectivity index (χ2n) is 4.17. The van der Waals surface area contributed by atoms with E-state index >= 15 is 0 Å². The monoisotopic (exact) mass is 347 g/mol. The third-order valence-corrected chi connectivity index (χ3v) is 5.16. The van der Waals surface area contributed by atoms with Crippen LogP contribution in [0.5, 0.6) is 0 Å².